The Morgan fingerprint density at radius 2 is 1.92 bits per heavy atom. The smallest absolute Gasteiger partial charge is 0.475 e. The highest BCUT2D eigenvalue weighted by atomic mass is 19.4. The number of ether oxygens (including phenoxy) is 1. The molecule has 2 atom stereocenters. The highest BCUT2D eigenvalue weighted by molar-refractivity contribution is 5.77. The zero-order valence-electron chi connectivity index (χ0n) is 14.1. The van der Waals surface area contributed by atoms with Gasteiger partial charge in [0.05, 0.1) is 25.3 Å². The fraction of sp³-hybridized carbons (Fsp3) is 0.867. The monoisotopic (exact) mass is 367 g/mol. The fourth-order valence-corrected chi connectivity index (χ4v) is 3.11. The third kappa shape index (κ3) is 6.12. The number of aliphatic carboxylic acids is 1. The molecule has 0 aromatic heterocycles. The van der Waals surface area contributed by atoms with E-state index in [4.69, 9.17) is 14.6 Å². The van der Waals surface area contributed by atoms with E-state index in [2.05, 4.69) is 15.1 Å². The van der Waals surface area contributed by atoms with Crippen LogP contribution in [0.3, 0.4) is 0 Å². The molecule has 0 spiro atoms. The van der Waals surface area contributed by atoms with Crippen LogP contribution in [0.15, 0.2) is 0 Å². The number of carboxylic acid groups (broad SMARTS) is 1. The Kier molecular flexibility index (Phi) is 6.64. The number of hydrogen-bond donors (Lipinski definition) is 2. The van der Waals surface area contributed by atoms with E-state index in [0.717, 1.165) is 32.2 Å². The molecule has 0 unspecified atom stereocenters. The zero-order valence-corrected chi connectivity index (χ0v) is 14.1. The molecule has 3 fully saturated rings. The molecule has 3 rings (SSSR count). The second-order valence-corrected chi connectivity index (χ2v) is 6.59. The molecule has 0 bridgehead atoms. The molecule has 0 aromatic carbocycles. The van der Waals surface area contributed by atoms with E-state index >= 15 is 0 Å². The topological polar surface area (TPSA) is 82.1 Å². The molecule has 7 nitrogen and oxygen atoms in total. The summed E-state index contributed by atoms with van der Waals surface area (Å²) in [7, 11) is 1.70. The molecule has 2 heterocycles. The normalized spacial score (nSPS) is 27.2. The number of carbonyl (C=O) groups excluding carboxylic acids is 1. The summed E-state index contributed by atoms with van der Waals surface area (Å²) in [5, 5.41) is 9.84. The summed E-state index contributed by atoms with van der Waals surface area (Å²) in [6.45, 7) is 5.49. The Hall–Kier alpha value is -1.39. The molecule has 2 saturated heterocycles. The van der Waals surface area contributed by atoms with Crippen LogP contribution in [0.1, 0.15) is 12.8 Å². The molecule has 0 radical (unpaired) electrons. The van der Waals surface area contributed by atoms with Gasteiger partial charge in [-0.15, -0.1) is 0 Å². The lowest BCUT2D eigenvalue weighted by Gasteiger charge is -2.36. The number of halogens is 3. The maximum atomic E-state index is 11.5. The number of nitrogens with one attached hydrogen (secondary N) is 1. The molecule has 2 N–H and O–H groups in total. The summed E-state index contributed by atoms with van der Waals surface area (Å²) in [5.74, 6) is -1.72. The van der Waals surface area contributed by atoms with Gasteiger partial charge in [-0.1, -0.05) is 0 Å². The number of hydrogen-bond acceptors (Lipinski definition) is 5. The Balaban J connectivity index is 0.000000277. The van der Waals surface area contributed by atoms with E-state index in [9.17, 15) is 18.0 Å². The van der Waals surface area contributed by atoms with Gasteiger partial charge in [-0.05, 0) is 18.8 Å². The second kappa shape index (κ2) is 8.33. The summed E-state index contributed by atoms with van der Waals surface area (Å²) in [5.41, 5.74) is 0. The second-order valence-electron chi connectivity index (χ2n) is 6.59. The van der Waals surface area contributed by atoms with E-state index in [1.165, 1.54) is 19.4 Å². The van der Waals surface area contributed by atoms with Crippen LogP contribution in [0, 0.1) is 5.92 Å². The average Bonchev–Trinajstić information content (AvgIpc) is 3.23. The lowest BCUT2D eigenvalue weighted by molar-refractivity contribution is -0.192. The average molecular weight is 367 g/mol. The first kappa shape index (κ1) is 19.9. The number of alkyl halides is 3. The van der Waals surface area contributed by atoms with Crippen molar-refractivity contribution < 1.29 is 32.6 Å². The fourth-order valence-electron chi connectivity index (χ4n) is 3.11. The van der Waals surface area contributed by atoms with Gasteiger partial charge in [0, 0.05) is 33.2 Å². The number of amides is 1. The van der Waals surface area contributed by atoms with Crippen LogP contribution in [0.5, 0.6) is 0 Å². The van der Waals surface area contributed by atoms with Gasteiger partial charge in [-0.25, -0.2) is 4.79 Å². The standard InChI is InChI=1S/C13H23N3O2.C2HF3O2/c1-14-13(17)9-16-4-5-18-12-8-15(7-11(12)16)6-10-2-3-10;3-2(4,5)1(6)7/h10-12H,2-9H2,1H3,(H,14,17);(H,6,7)/t11-,12+;/m1./s1. The molecule has 25 heavy (non-hydrogen) atoms. The van der Waals surface area contributed by atoms with Crippen molar-refractivity contribution in [1.29, 1.82) is 0 Å². The Labute approximate surface area is 144 Å². The molecule has 144 valence electrons. The number of carbonyl (C=O) groups is 2. The molecule has 2 aliphatic heterocycles. The summed E-state index contributed by atoms with van der Waals surface area (Å²) < 4.78 is 37.6. The SMILES string of the molecule is CNC(=O)CN1CCO[C@H]2CN(CC3CC3)C[C@H]21.O=C(O)C(F)(F)F. The van der Waals surface area contributed by atoms with Gasteiger partial charge in [-0.3, -0.25) is 14.6 Å². The van der Waals surface area contributed by atoms with Crippen LogP contribution >= 0.6 is 0 Å². The van der Waals surface area contributed by atoms with Crippen LogP contribution in [-0.4, -0.2) is 91.5 Å². The predicted octanol–water partition coefficient (Wildman–Crippen LogP) is 0.161. The minimum absolute atomic E-state index is 0.108. The highest BCUT2D eigenvalue weighted by Crippen LogP contribution is 2.32. The molecule has 1 amide bonds. The van der Waals surface area contributed by atoms with Crippen molar-refractivity contribution in [2.75, 3.05) is 46.4 Å². The minimum atomic E-state index is -5.08. The highest BCUT2D eigenvalue weighted by Gasteiger charge is 2.41. The summed E-state index contributed by atoms with van der Waals surface area (Å²) in [6, 6.07) is 0.412. The van der Waals surface area contributed by atoms with Crippen LogP contribution in [0.2, 0.25) is 0 Å². The van der Waals surface area contributed by atoms with Gasteiger partial charge in [0.2, 0.25) is 5.91 Å². The number of rotatable bonds is 4. The van der Waals surface area contributed by atoms with Gasteiger partial charge in [-0.2, -0.15) is 13.2 Å². The van der Waals surface area contributed by atoms with Crippen LogP contribution in [0.25, 0.3) is 0 Å². The number of fused-ring (bicyclic) bond motifs is 1. The largest absolute Gasteiger partial charge is 0.490 e. The van der Waals surface area contributed by atoms with E-state index in [0.29, 0.717) is 18.7 Å². The molecule has 10 heteroatoms. The van der Waals surface area contributed by atoms with Crippen LogP contribution in [-0.2, 0) is 14.3 Å². The number of likely N-dealkylation sites (tertiary alicyclic amines) is 1. The lowest BCUT2D eigenvalue weighted by atomic mass is 10.1. The number of likely N-dealkylation sites (N-methyl/N-ethyl adjacent to an activating group) is 1. The van der Waals surface area contributed by atoms with E-state index in [1.807, 2.05) is 0 Å². The van der Waals surface area contributed by atoms with E-state index in [1.54, 1.807) is 7.05 Å². The van der Waals surface area contributed by atoms with Crippen molar-refractivity contribution in [3.05, 3.63) is 0 Å². The van der Waals surface area contributed by atoms with Gasteiger partial charge >= 0.3 is 12.1 Å². The van der Waals surface area contributed by atoms with Crippen molar-refractivity contribution in [3.8, 4) is 0 Å². The minimum Gasteiger partial charge on any atom is -0.475 e. The van der Waals surface area contributed by atoms with Gasteiger partial charge in [0.15, 0.2) is 0 Å². The predicted molar refractivity (Wildman–Crippen MR) is 82.0 cm³/mol. The summed E-state index contributed by atoms with van der Waals surface area (Å²) in [6.07, 6.45) is -1.98. The zero-order chi connectivity index (χ0) is 18.6. The Bertz CT molecular complexity index is 485. The van der Waals surface area contributed by atoms with Gasteiger partial charge < -0.3 is 15.2 Å². The lowest BCUT2D eigenvalue weighted by Crippen LogP contribution is -2.53. The molecule has 0 aromatic rings. The first-order valence-electron chi connectivity index (χ1n) is 8.29. The van der Waals surface area contributed by atoms with Crippen molar-refractivity contribution in [2.24, 2.45) is 5.92 Å². The molecule has 3 aliphatic rings. The first-order chi connectivity index (χ1) is 11.7. The quantitative estimate of drug-likeness (QED) is 0.737. The van der Waals surface area contributed by atoms with Crippen molar-refractivity contribution >= 4 is 11.9 Å². The third-order valence-corrected chi connectivity index (χ3v) is 4.57. The van der Waals surface area contributed by atoms with Crippen LogP contribution < -0.4 is 5.32 Å². The molecule has 1 saturated carbocycles. The van der Waals surface area contributed by atoms with E-state index < -0.39 is 12.1 Å². The van der Waals surface area contributed by atoms with Crippen LogP contribution in [0.4, 0.5) is 13.2 Å². The van der Waals surface area contributed by atoms with Crippen molar-refractivity contribution in [1.82, 2.24) is 15.1 Å². The maximum absolute atomic E-state index is 11.5. The number of carboxylic acids is 1. The number of nitrogens with zero attached hydrogens (tertiary/aromatic N) is 2. The molecular weight excluding hydrogens is 343 g/mol. The maximum Gasteiger partial charge on any atom is 0.490 e. The molecule has 1 aliphatic carbocycles. The molecular formula is C15H24F3N3O4. The van der Waals surface area contributed by atoms with E-state index in [-0.39, 0.29) is 5.91 Å². The van der Waals surface area contributed by atoms with Gasteiger partial charge in [0.25, 0.3) is 0 Å². The Morgan fingerprint density at radius 1 is 1.28 bits per heavy atom. The van der Waals surface area contributed by atoms with Crippen molar-refractivity contribution in [3.63, 3.8) is 0 Å². The number of morpholine rings is 1. The summed E-state index contributed by atoms with van der Waals surface area (Å²) in [4.78, 5) is 25.2. The third-order valence-electron chi connectivity index (χ3n) is 4.57. The first-order valence-corrected chi connectivity index (χ1v) is 8.29. The van der Waals surface area contributed by atoms with Crippen molar-refractivity contribution in [2.45, 2.75) is 31.2 Å². The van der Waals surface area contributed by atoms with Gasteiger partial charge in [0.1, 0.15) is 0 Å². The Morgan fingerprint density at radius 3 is 2.44 bits per heavy atom. The summed E-state index contributed by atoms with van der Waals surface area (Å²) >= 11 is 0.